The van der Waals surface area contributed by atoms with Gasteiger partial charge in [-0.25, -0.2) is 5.01 Å². The maximum atomic E-state index is 13.0. The van der Waals surface area contributed by atoms with Crippen LogP contribution < -0.4 is 0 Å². The lowest BCUT2D eigenvalue weighted by Gasteiger charge is -2.21. The van der Waals surface area contributed by atoms with Crippen molar-refractivity contribution in [1.82, 2.24) is 9.99 Å². The number of benzene rings is 3. The van der Waals surface area contributed by atoms with Crippen LogP contribution in [0.15, 0.2) is 84.0 Å². The van der Waals surface area contributed by atoms with Gasteiger partial charge in [-0.1, -0.05) is 78.4 Å². The van der Waals surface area contributed by atoms with Gasteiger partial charge in [-0.2, -0.15) is 5.10 Å². The number of hydrazone groups is 1. The highest BCUT2D eigenvalue weighted by atomic mass is 16.5. The van der Waals surface area contributed by atoms with Gasteiger partial charge >= 0.3 is 0 Å². The van der Waals surface area contributed by atoms with Crippen LogP contribution in [0.4, 0.5) is 0 Å². The summed E-state index contributed by atoms with van der Waals surface area (Å²) in [5, 5.41) is 7.56. The molecule has 1 aliphatic heterocycles. The Morgan fingerprint density at radius 1 is 0.941 bits per heavy atom. The molecule has 0 aliphatic carbocycles. The smallest absolute Gasteiger partial charge is 0.269 e. The molecule has 0 N–H and O–H groups in total. The number of pyridine rings is 1. The van der Waals surface area contributed by atoms with Gasteiger partial charge in [0.1, 0.15) is 6.61 Å². The second-order valence-electron chi connectivity index (χ2n) is 8.68. The van der Waals surface area contributed by atoms with E-state index in [0.29, 0.717) is 6.42 Å². The molecule has 0 spiro atoms. The minimum atomic E-state index is -0.187. The van der Waals surface area contributed by atoms with Gasteiger partial charge in [0.15, 0.2) is 0 Å². The molecule has 0 radical (unpaired) electrons. The third-order valence-electron chi connectivity index (χ3n) is 6.32. The predicted molar refractivity (Wildman–Crippen MR) is 136 cm³/mol. The van der Waals surface area contributed by atoms with Crippen molar-refractivity contribution < 1.29 is 9.53 Å². The third-order valence-corrected chi connectivity index (χ3v) is 6.32. The quantitative estimate of drug-likeness (QED) is 0.384. The number of fused-ring (bicyclic) bond motifs is 1. The van der Waals surface area contributed by atoms with Gasteiger partial charge in [0.05, 0.1) is 17.3 Å². The normalized spacial score (nSPS) is 15.6. The number of carbonyl (C=O) groups is 1. The molecule has 2 heterocycles. The van der Waals surface area contributed by atoms with Crippen LogP contribution in [-0.2, 0) is 9.53 Å². The van der Waals surface area contributed by atoms with E-state index in [1.165, 1.54) is 12.7 Å². The molecule has 1 amide bonds. The average Bonchev–Trinajstić information content (AvgIpc) is 3.29. The number of nitrogens with zero attached hydrogens (tertiary/aromatic N) is 3. The molecule has 5 rings (SSSR count). The molecule has 0 fully saturated rings. The molecule has 3 aromatic carbocycles. The van der Waals surface area contributed by atoms with Crippen LogP contribution in [0.2, 0.25) is 0 Å². The van der Waals surface area contributed by atoms with Crippen LogP contribution in [0.5, 0.6) is 0 Å². The number of para-hydroxylation sites is 1. The zero-order chi connectivity index (χ0) is 23.7. The first-order valence-corrected chi connectivity index (χ1v) is 11.5. The number of methoxy groups -OCH3 is 1. The molecule has 5 heteroatoms. The number of aryl methyl sites for hydroxylation is 2. The second kappa shape index (κ2) is 9.20. The zero-order valence-electron chi connectivity index (χ0n) is 19.7. The Balaban J connectivity index is 1.70. The van der Waals surface area contributed by atoms with Gasteiger partial charge in [0.25, 0.3) is 5.91 Å². The molecule has 0 saturated carbocycles. The Labute approximate surface area is 199 Å². The highest BCUT2D eigenvalue weighted by Gasteiger charge is 2.35. The Morgan fingerprint density at radius 3 is 2.38 bits per heavy atom. The van der Waals surface area contributed by atoms with Crippen LogP contribution in [0.25, 0.3) is 22.0 Å². The number of hydrogen-bond donors (Lipinski definition) is 0. The molecular weight excluding hydrogens is 422 g/mol. The molecule has 5 nitrogen and oxygen atoms in total. The number of aromatic nitrogens is 1. The molecule has 0 bridgehead atoms. The van der Waals surface area contributed by atoms with E-state index in [0.717, 1.165) is 44.6 Å². The fraction of sp³-hybridized carbons (Fsp3) is 0.207. The Morgan fingerprint density at radius 2 is 1.65 bits per heavy atom. The number of ether oxygens (including phenoxy) is 1. The van der Waals surface area contributed by atoms with Crippen molar-refractivity contribution in [1.29, 1.82) is 0 Å². The molecule has 0 saturated heterocycles. The Bertz CT molecular complexity index is 1380. The van der Waals surface area contributed by atoms with Crippen LogP contribution in [0.3, 0.4) is 0 Å². The highest BCUT2D eigenvalue weighted by Crippen LogP contribution is 2.39. The van der Waals surface area contributed by atoms with Crippen molar-refractivity contribution >= 4 is 22.5 Å². The highest BCUT2D eigenvalue weighted by molar-refractivity contribution is 6.14. The number of rotatable bonds is 5. The number of carbonyl (C=O) groups excluding carboxylic acids is 1. The molecule has 1 aliphatic rings. The summed E-state index contributed by atoms with van der Waals surface area (Å²) in [6.07, 6.45) is 0.610. The lowest BCUT2D eigenvalue weighted by Crippen LogP contribution is -2.30. The zero-order valence-corrected chi connectivity index (χ0v) is 19.7. The summed E-state index contributed by atoms with van der Waals surface area (Å²) in [7, 11) is 1.53. The third kappa shape index (κ3) is 3.99. The molecule has 1 aromatic heterocycles. The number of amides is 1. The van der Waals surface area contributed by atoms with Gasteiger partial charge in [0.2, 0.25) is 0 Å². The van der Waals surface area contributed by atoms with Crippen molar-refractivity contribution in [2.24, 2.45) is 5.10 Å². The first kappa shape index (κ1) is 22.0. The van der Waals surface area contributed by atoms with Crippen LogP contribution in [-0.4, -0.2) is 35.3 Å². The summed E-state index contributed by atoms with van der Waals surface area (Å²) in [6, 6.07) is 26.7. The lowest BCUT2D eigenvalue weighted by molar-refractivity contribution is -0.137. The summed E-state index contributed by atoms with van der Waals surface area (Å²) in [5.74, 6) is -0.157. The Kier molecular flexibility index (Phi) is 5.95. The molecule has 4 aromatic rings. The fourth-order valence-electron chi connectivity index (χ4n) is 4.72. The van der Waals surface area contributed by atoms with Gasteiger partial charge in [-0.05, 0) is 31.0 Å². The minimum Gasteiger partial charge on any atom is -0.375 e. The number of hydrogen-bond acceptors (Lipinski definition) is 4. The van der Waals surface area contributed by atoms with Crippen LogP contribution in [0, 0.1) is 13.8 Å². The SMILES string of the molecule is COCC(=O)N1N=C(c2c(C)nc3ccccc3c2-c2ccccc2)C[C@H]1c1ccc(C)cc1. The lowest BCUT2D eigenvalue weighted by atomic mass is 9.89. The van der Waals surface area contributed by atoms with Crippen molar-refractivity contribution in [3.63, 3.8) is 0 Å². The molecule has 0 unspecified atom stereocenters. The van der Waals surface area contributed by atoms with Crippen molar-refractivity contribution in [3.8, 4) is 11.1 Å². The summed E-state index contributed by atoms with van der Waals surface area (Å²) in [4.78, 5) is 17.9. The van der Waals surface area contributed by atoms with E-state index in [2.05, 4.69) is 49.4 Å². The largest absolute Gasteiger partial charge is 0.375 e. The van der Waals surface area contributed by atoms with E-state index in [1.54, 1.807) is 5.01 Å². The van der Waals surface area contributed by atoms with Gasteiger partial charge in [-0.3, -0.25) is 9.78 Å². The standard InChI is InChI=1S/C29H27N3O2/c1-19-13-15-21(16-14-19)26-17-25(31-32(26)27(33)18-34-3)28-20(2)30-24-12-8-7-11-23(24)29(28)22-9-5-4-6-10-22/h4-16,26H,17-18H2,1-3H3/t26-/m0/s1. The first-order valence-electron chi connectivity index (χ1n) is 11.5. The van der Waals surface area contributed by atoms with Gasteiger partial charge in [-0.15, -0.1) is 0 Å². The predicted octanol–water partition coefficient (Wildman–Crippen LogP) is 5.84. The van der Waals surface area contributed by atoms with E-state index in [-0.39, 0.29) is 18.6 Å². The summed E-state index contributed by atoms with van der Waals surface area (Å²) < 4.78 is 5.16. The molecular formula is C29H27N3O2. The van der Waals surface area contributed by atoms with E-state index in [4.69, 9.17) is 14.8 Å². The maximum absolute atomic E-state index is 13.0. The van der Waals surface area contributed by atoms with Crippen LogP contribution >= 0.6 is 0 Å². The van der Waals surface area contributed by atoms with E-state index < -0.39 is 0 Å². The first-order chi connectivity index (χ1) is 16.6. The fourth-order valence-corrected chi connectivity index (χ4v) is 4.72. The second-order valence-corrected chi connectivity index (χ2v) is 8.68. The van der Waals surface area contributed by atoms with Crippen molar-refractivity contribution in [2.75, 3.05) is 13.7 Å². The van der Waals surface area contributed by atoms with E-state index in [1.807, 2.05) is 43.3 Å². The maximum Gasteiger partial charge on any atom is 0.269 e. The van der Waals surface area contributed by atoms with Crippen molar-refractivity contribution in [2.45, 2.75) is 26.3 Å². The molecule has 1 atom stereocenters. The summed E-state index contributed by atoms with van der Waals surface area (Å²) >= 11 is 0. The average molecular weight is 450 g/mol. The van der Waals surface area contributed by atoms with Crippen molar-refractivity contribution in [3.05, 3.63) is 101 Å². The van der Waals surface area contributed by atoms with Gasteiger partial charge < -0.3 is 4.74 Å². The summed E-state index contributed by atoms with van der Waals surface area (Å²) in [5.41, 5.74) is 8.16. The van der Waals surface area contributed by atoms with E-state index >= 15 is 0 Å². The monoisotopic (exact) mass is 449 g/mol. The molecule has 170 valence electrons. The summed E-state index contributed by atoms with van der Waals surface area (Å²) in [6.45, 7) is 4.07. The minimum absolute atomic E-state index is 0.0142. The van der Waals surface area contributed by atoms with E-state index in [9.17, 15) is 4.79 Å². The van der Waals surface area contributed by atoms with Crippen LogP contribution in [0.1, 0.15) is 34.8 Å². The topological polar surface area (TPSA) is 54.8 Å². The molecule has 34 heavy (non-hydrogen) atoms. The van der Waals surface area contributed by atoms with Gasteiger partial charge in [0, 0.05) is 35.7 Å². The Hall–Kier alpha value is -3.83.